The Balaban J connectivity index is 2.49. The molecular formula is C13H18BrFN2O. The molecule has 2 N–H and O–H groups in total. The van der Waals surface area contributed by atoms with E-state index in [1.807, 2.05) is 6.92 Å². The molecule has 1 aromatic rings. The molecule has 1 unspecified atom stereocenters. The first-order chi connectivity index (χ1) is 8.54. The summed E-state index contributed by atoms with van der Waals surface area (Å²) in [5.74, 6) is -0.334. The summed E-state index contributed by atoms with van der Waals surface area (Å²) < 4.78 is 14.3. The summed E-state index contributed by atoms with van der Waals surface area (Å²) >= 11 is 3.29. The highest BCUT2D eigenvalue weighted by Gasteiger charge is 2.12. The van der Waals surface area contributed by atoms with Crippen LogP contribution in [-0.4, -0.2) is 18.5 Å². The quantitative estimate of drug-likeness (QED) is 0.847. The molecule has 0 saturated carbocycles. The van der Waals surface area contributed by atoms with E-state index in [9.17, 15) is 9.18 Å². The van der Waals surface area contributed by atoms with Crippen molar-refractivity contribution in [2.45, 2.75) is 32.9 Å². The molecule has 0 radical (unpaired) electrons. The molecule has 0 fully saturated rings. The zero-order chi connectivity index (χ0) is 13.5. The summed E-state index contributed by atoms with van der Waals surface area (Å²) in [5, 5.41) is 5.79. The van der Waals surface area contributed by atoms with Gasteiger partial charge in [0.15, 0.2) is 0 Å². The zero-order valence-corrected chi connectivity index (χ0v) is 12.2. The zero-order valence-electron chi connectivity index (χ0n) is 10.6. The Morgan fingerprint density at radius 3 is 2.89 bits per heavy atom. The number of amides is 1. The second-order valence-corrected chi connectivity index (χ2v) is 5.05. The number of rotatable bonds is 6. The first-order valence-corrected chi connectivity index (χ1v) is 6.79. The summed E-state index contributed by atoms with van der Waals surface area (Å²) in [5.41, 5.74) is 0.541. The van der Waals surface area contributed by atoms with Crippen molar-refractivity contribution >= 4 is 21.8 Å². The highest BCUT2D eigenvalue weighted by molar-refractivity contribution is 9.10. The van der Waals surface area contributed by atoms with Crippen LogP contribution in [0.1, 0.15) is 25.8 Å². The van der Waals surface area contributed by atoms with Crippen LogP contribution < -0.4 is 10.6 Å². The second-order valence-electron chi connectivity index (χ2n) is 4.13. The molecule has 0 aliphatic carbocycles. The van der Waals surface area contributed by atoms with Crippen LogP contribution in [0.3, 0.4) is 0 Å². The SMILES string of the molecule is CCCNC(=O)C(C)NCc1cc(Br)ccc1F. The number of nitrogens with one attached hydrogen (secondary N) is 2. The van der Waals surface area contributed by atoms with Gasteiger partial charge in [-0.3, -0.25) is 4.79 Å². The van der Waals surface area contributed by atoms with Crippen LogP contribution in [0.25, 0.3) is 0 Å². The lowest BCUT2D eigenvalue weighted by Crippen LogP contribution is -2.42. The number of benzene rings is 1. The molecule has 0 bridgehead atoms. The van der Waals surface area contributed by atoms with Gasteiger partial charge >= 0.3 is 0 Å². The molecule has 1 aromatic carbocycles. The van der Waals surface area contributed by atoms with Crippen molar-refractivity contribution in [3.05, 3.63) is 34.1 Å². The van der Waals surface area contributed by atoms with Crippen LogP contribution in [0.4, 0.5) is 4.39 Å². The third-order valence-electron chi connectivity index (χ3n) is 2.55. The highest BCUT2D eigenvalue weighted by atomic mass is 79.9. The highest BCUT2D eigenvalue weighted by Crippen LogP contribution is 2.15. The van der Waals surface area contributed by atoms with Gasteiger partial charge in [0, 0.05) is 23.1 Å². The van der Waals surface area contributed by atoms with E-state index in [-0.39, 0.29) is 17.8 Å². The number of hydrogen-bond donors (Lipinski definition) is 2. The Labute approximate surface area is 115 Å². The van der Waals surface area contributed by atoms with Gasteiger partial charge in [-0.05, 0) is 31.5 Å². The molecule has 0 aliphatic heterocycles. The fourth-order valence-electron chi connectivity index (χ4n) is 1.44. The Kier molecular flexibility index (Phi) is 6.29. The molecule has 0 aromatic heterocycles. The summed E-state index contributed by atoms with van der Waals surface area (Å²) in [7, 11) is 0. The van der Waals surface area contributed by atoms with Crippen molar-refractivity contribution in [2.75, 3.05) is 6.54 Å². The Morgan fingerprint density at radius 2 is 2.22 bits per heavy atom. The van der Waals surface area contributed by atoms with Gasteiger partial charge in [0.2, 0.25) is 5.91 Å². The van der Waals surface area contributed by atoms with Crippen molar-refractivity contribution in [2.24, 2.45) is 0 Å². The van der Waals surface area contributed by atoms with E-state index in [0.29, 0.717) is 18.7 Å². The van der Waals surface area contributed by atoms with Crippen LogP contribution in [0.5, 0.6) is 0 Å². The van der Waals surface area contributed by atoms with Crippen molar-refractivity contribution in [1.82, 2.24) is 10.6 Å². The maximum atomic E-state index is 13.5. The molecule has 0 saturated heterocycles. The maximum Gasteiger partial charge on any atom is 0.236 e. The molecule has 5 heteroatoms. The largest absolute Gasteiger partial charge is 0.355 e. The summed E-state index contributed by atoms with van der Waals surface area (Å²) in [4.78, 5) is 11.6. The summed E-state index contributed by atoms with van der Waals surface area (Å²) in [6.45, 7) is 4.75. The minimum Gasteiger partial charge on any atom is -0.355 e. The number of hydrogen-bond acceptors (Lipinski definition) is 2. The monoisotopic (exact) mass is 316 g/mol. The van der Waals surface area contributed by atoms with E-state index >= 15 is 0 Å². The van der Waals surface area contributed by atoms with Crippen molar-refractivity contribution in [3.8, 4) is 0 Å². The Morgan fingerprint density at radius 1 is 1.50 bits per heavy atom. The molecule has 1 amide bonds. The van der Waals surface area contributed by atoms with Crippen LogP contribution in [0.2, 0.25) is 0 Å². The molecule has 0 aliphatic rings. The van der Waals surface area contributed by atoms with E-state index in [0.717, 1.165) is 10.9 Å². The van der Waals surface area contributed by atoms with Crippen molar-refractivity contribution in [3.63, 3.8) is 0 Å². The lowest BCUT2D eigenvalue weighted by Gasteiger charge is -2.14. The van der Waals surface area contributed by atoms with Gasteiger partial charge in [-0.15, -0.1) is 0 Å². The van der Waals surface area contributed by atoms with Gasteiger partial charge in [-0.2, -0.15) is 0 Å². The molecular weight excluding hydrogens is 299 g/mol. The minimum absolute atomic E-state index is 0.0627. The van der Waals surface area contributed by atoms with E-state index < -0.39 is 0 Å². The average Bonchev–Trinajstić information content (AvgIpc) is 2.36. The standard InChI is InChI=1S/C13H18BrFN2O/c1-3-6-16-13(18)9(2)17-8-10-7-11(14)4-5-12(10)15/h4-5,7,9,17H,3,6,8H2,1-2H3,(H,16,18). The number of carbonyl (C=O) groups is 1. The Bertz CT molecular complexity index is 412. The lowest BCUT2D eigenvalue weighted by molar-refractivity contribution is -0.122. The molecule has 0 spiro atoms. The van der Waals surface area contributed by atoms with Gasteiger partial charge in [0.1, 0.15) is 5.82 Å². The van der Waals surface area contributed by atoms with Crippen molar-refractivity contribution < 1.29 is 9.18 Å². The molecule has 1 atom stereocenters. The summed E-state index contributed by atoms with van der Waals surface area (Å²) in [6.07, 6.45) is 0.902. The number of halogens is 2. The number of carbonyl (C=O) groups excluding carboxylic acids is 1. The third-order valence-corrected chi connectivity index (χ3v) is 3.04. The van der Waals surface area contributed by atoms with Crippen LogP contribution in [-0.2, 0) is 11.3 Å². The minimum atomic E-state index is -0.338. The third kappa shape index (κ3) is 4.74. The van der Waals surface area contributed by atoms with Crippen LogP contribution in [0.15, 0.2) is 22.7 Å². The van der Waals surface area contributed by atoms with E-state index in [4.69, 9.17) is 0 Å². The smallest absolute Gasteiger partial charge is 0.236 e. The topological polar surface area (TPSA) is 41.1 Å². The van der Waals surface area contributed by atoms with Gasteiger partial charge in [0.25, 0.3) is 0 Å². The predicted molar refractivity (Wildman–Crippen MR) is 73.7 cm³/mol. The first-order valence-electron chi connectivity index (χ1n) is 5.99. The van der Waals surface area contributed by atoms with E-state index in [1.54, 1.807) is 19.1 Å². The predicted octanol–water partition coefficient (Wildman–Crippen LogP) is 2.59. The normalized spacial score (nSPS) is 12.2. The molecule has 0 heterocycles. The van der Waals surface area contributed by atoms with Gasteiger partial charge < -0.3 is 10.6 Å². The van der Waals surface area contributed by atoms with E-state index in [1.165, 1.54) is 6.07 Å². The summed E-state index contributed by atoms with van der Waals surface area (Å²) in [6, 6.07) is 4.42. The first kappa shape index (κ1) is 15.1. The fraction of sp³-hybridized carbons (Fsp3) is 0.462. The molecule has 1 rings (SSSR count). The van der Waals surface area contributed by atoms with Gasteiger partial charge in [-0.1, -0.05) is 22.9 Å². The fourth-order valence-corrected chi connectivity index (χ4v) is 1.84. The lowest BCUT2D eigenvalue weighted by atomic mass is 10.2. The van der Waals surface area contributed by atoms with Crippen LogP contribution in [0, 0.1) is 5.82 Å². The maximum absolute atomic E-state index is 13.5. The van der Waals surface area contributed by atoms with Gasteiger partial charge in [-0.25, -0.2) is 4.39 Å². The van der Waals surface area contributed by atoms with Crippen molar-refractivity contribution in [1.29, 1.82) is 0 Å². The molecule has 3 nitrogen and oxygen atoms in total. The van der Waals surface area contributed by atoms with Crippen LogP contribution >= 0.6 is 15.9 Å². The Hall–Kier alpha value is -0.940. The average molecular weight is 317 g/mol. The van der Waals surface area contributed by atoms with Gasteiger partial charge in [0.05, 0.1) is 6.04 Å². The van der Waals surface area contributed by atoms with E-state index in [2.05, 4.69) is 26.6 Å². The molecule has 100 valence electrons. The molecule has 18 heavy (non-hydrogen) atoms. The second kappa shape index (κ2) is 7.48.